The molecular formula is C31H39NO2. The Hall–Kier alpha value is -2.91. The SMILES string of the molecule is CCCC=Cc1c(C(C)C)nc(C(C)C)c(C(C)O)c1-c1ccccc1OCc1ccccc1. The highest BCUT2D eigenvalue weighted by Gasteiger charge is 2.26. The Kier molecular flexibility index (Phi) is 9.06. The van der Waals surface area contributed by atoms with Crippen LogP contribution in [0.5, 0.6) is 5.75 Å². The van der Waals surface area contributed by atoms with E-state index in [1.807, 2.05) is 43.3 Å². The number of aliphatic hydroxyl groups is 1. The molecule has 180 valence electrons. The van der Waals surface area contributed by atoms with Crippen molar-refractivity contribution in [1.29, 1.82) is 0 Å². The second-order valence-corrected chi connectivity index (χ2v) is 9.53. The Labute approximate surface area is 205 Å². The minimum atomic E-state index is -0.651. The fourth-order valence-electron chi connectivity index (χ4n) is 4.32. The highest BCUT2D eigenvalue weighted by molar-refractivity contribution is 5.84. The molecule has 3 heteroatoms. The smallest absolute Gasteiger partial charge is 0.127 e. The molecule has 1 heterocycles. The third-order valence-corrected chi connectivity index (χ3v) is 5.98. The van der Waals surface area contributed by atoms with E-state index in [1.54, 1.807) is 0 Å². The Morgan fingerprint density at radius 3 is 2.15 bits per heavy atom. The molecule has 0 saturated heterocycles. The predicted molar refractivity (Wildman–Crippen MR) is 143 cm³/mol. The van der Waals surface area contributed by atoms with Crippen LogP contribution in [0.2, 0.25) is 0 Å². The van der Waals surface area contributed by atoms with Crippen LogP contribution < -0.4 is 4.74 Å². The van der Waals surface area contributed by atoms with Crippen molar-refractivity contribution in [1.82, 2.24) is 4.98 Å². The Balaban J connectivity index is 2.29. The zero-order chi connectivity index (χ0) is 24.7. The fourth-order valence-corrected chi connectivity index (χ4v) is 4.32. The number of aromatic nitrogens is 1. The molecule has 0 fully saturated rings. The average Bonchev–Trinajstić information content (AvgIpc) is 2.82. The quantitative estimate of drug-likeness (QED) is 0.332. The van der Waals surface area contributed by atoms with Crippen LogP contribution >= 0.6 is 0 Å². The molecule has 0 aliphatic rings. The van der Waals surface area contributed by atoms with E-state index in [4.69, 9.17) is 9.72 Å². The molecule has 1 unspecified atom stereocenters. The first-order valence-electron chi connectivity index (χ1n) is 12.5. The lowest BCUT2D eigenvalue weighted by atomic mass is 9.84. The van der Waals surface area contributed by atoms with E-state index in [2.05, 4.69) is 65.0 Å². The summed E-state index contributed by atoms with van der Waals surface area (Å²) in [4.78, 5) is 5.13. The molecule has 34 heavy (non-hydrogen) atoms. The van der Waals surface area contributed by atoms with Gasteiger partial charge in [-0.25, -0.2) is 0 Å². The normalized spacial score (nSPS) is 12.6. The van der Waals surface area contributed by atoms with Crippen LogP contribution in [0.4, 0.5) is 0 Å². The topological polar surface area (TPSA) is 42.4 Å². The summed E-state index contributed by atoms with van der Waals surface area (Å²) in [6, 6.07) is 18.4. The van der Waals surface area contributed by atoms with E-state index in [0.29, 0.717) is 6.61 Å². The van der Waals surface area contributed by atoms with Crippen LogP contribution in [0, 0.1) is 0 Å². The highest BCUT2D eigenvalue weighted by atomic mass is 16.5. The number of para-hydroxylation sites is 1. The first-order chi connectivity index (χ1) is 16.3. The fraction of sp³-hybridized carbons (Fsp3) is 0.387. The summed E-state index contributed by atoms with van der Waals surface area (Å²) in [7, 11) is 0. The lowest BCUT2D eigenvalue weighted by molar-refractivity contribution is 0.197. The van der Waals surface area contributed by atoms with Gasteiger partial charge in [-0.05, 0) is 36.8 Å². The summed E-state index contributed by atoms with van der Waals surface area (Å²) < 4.78 is 6.37. The van der Waals surface area contributed by atoms with Gasteiger partial charge in [-0.15, -0.1) is 0 Å². The van der Waals surface area contributed by atoms with Crippen LogP contribution in [0.15, 0.2) is 60.7 Å². The molecular weight excluding hydrogens is 418 g/mol. The van der Waals surface area contributed by atoms with Crippen molar-refractivity contribution in [2.75, 3.05) is 0 Å². The molecule has 0 aliphatic carbocycles. The van der Waals surface area contributed by atoms with Crippen molar-refractivity contribution in [3.8, 4) is 16.9 Å². The van der Waals surface area contributed by atoms with Crippen LogP contribution in [-0.2, 0) is 6.61 Å². The second-order valence-electron chi connectivity index (χ2n) is 9.53. The standard InChI is InChI=1S/C31H39NO2/c1-7-8-10-18-26-29(28(23(6)33)31(22(4)5)32-30(26)21(2)3)25-17-13-14-19-27(25)34-20-24-15-11-9-12-16-24/h9-19,21-23,33H,7-8,20H2,1-6H3. The zero-order valence-corrected chi connectivity index (χ0v) is 21.5. The highest BCUT2D eigenvalue weighted by Crippen LogP contribution is 2.43. The Morgan fingerprint density at radius 1 is 0.882 bits per heavy atom. The maximum absolute atomic E-state index is 11.0. The van der Waals surface area contributed by atoms with Gasteiger partial charge in [-0.2, -0.15) is 0 Å². The summed E-state index contributed by atoms with van der Waals surface area (Å²) in [6.07, 6.45) is 5.85. The predicted octanol–water partition coefficient (Wildman–Crippen LogP) is 8.44. The van der Waals surface area contributed by atoms with Crippen molar-refractivity contribution in [2.45, 2.75) is 78.9 Å². The number of nitrogens with zero attached hydrogens (tertiary/aromatic N) is 1. The Bertz CT molecular complexity index is 1100. The van der Waals surface area contributed by atoms with Gasteiger partial charge in [-0.3, -0.25) is 4.98 Å². The van der Waals surface area contributed by atoms with Crippen LogP contribution in [0.3, 0.4) is 0 Å². The molecule has 3 aromatic rings. The molecule has 0 amide bonds. The molecule has 2 aromatic carbocycles. The number of allylic oxidation sites excluding steroid dienone is 1. The zero-order valence-electron chi connectivity index (χ0n) is 21.5. The molecule has 0 spiro atoms. The maximum Gasteiger partial charge on any atom is 0.127 e. The molecule has 3 nitrogen and oxygen atoms in total. The molecule has 0 radical (unpaired) electrons. The van der Waals surface area contributed by atoms with Gasteiger partial charge >= 0.3 is 0 Å². The largest absolute Gasteiger partial charge is 0.488 e. The Morgan fingerprint density at radius 2 is 1.53 bits per heavy atom. The van der Waals surface area contributed by atoms with Gasteiger partial charge in [0.05, 0.1) is 11.8 Å². The van der Waals surface area contributed by atoms with Crippen molar-refractivity contribution >= 4 is 6.08 Å². The molecule has 0 bridgehead atoms. The molecule has 1 aromatic heterocycles. The number of pyridine rings is 1. The van der Waals surface area contributed by atoms with Gasteiger partial charge in [0, 0.05) is 27.9 Å². The van der Waals surface area contributed by atoms with E-state index < -0.39 is 6.10 Å². The molecule has 1 atom stereocenters. The van der Waals surface area contributed by atoms with Crippen molar-refractivity contribution in [3.63, 3.8) is 0 Å². The van der Waals surface area contributed by atoms with Gasteiger partial charge in [0.2, 0.25) is 0 Å². The third kappa shape index (κ3) is 5.95. The number of hydrogen-bond donors (Lipinski definition) is 1. The summed E-state index contributed by atoms with van der Waals surface area (Å²) >= 11 is 0. The first kappa shape index (κ1) is 25.7. The van der Waals surface area contributed by atoms with E-state index >= 15 is 0 Å². The van der Waals surface area contributed by atoms with Crippen molar-refractivity contribution in [2.24, 2.45) is 0 Å². The second kappa shape index (κ2) is 12.0. The van der Waals surface area contributed by atoms with Gasteiger partial charge < -0.3 is 9.84 Å². The van der Waals surface area contributed by atoms with E-state index in [0.717, 1.165) is 57.8 Å². The molecule has 1 N–H and O–H groups in total. The van der Waals surface area contributed by atoms with Crippen LogP contribution in [0.1, 0.15) is 100 Å². The summed E-state index contributed by atoms with van der Waals surface area (Å²) in [5, 5.41) is 11.0. The van der Waals surface area contributed by atoms with Gasteiger partial charge in [-0.1, -0.05) is 102 Å². The summed E-state index contributed by atoms with van der Waals surface area (Å²) in [6.45, 7) is 13.2. The van der Waals surface area contributed by atoms with E-state index in [9.17, 15) is 5.11 Å². The summed E-state index contributed by atoms with van der Waals surface area (Å²) in [5.74, 6) is 1.25. The monoisotopic (exact) mass is 457 g/mol. The molecule has 0 aliphatic heterocycles. The van der Waals surface area contributed by atoms with E-state index in [1.165, 1.54) is 0 Å². The number of rotatable bonds is 10. The van der Waals surface area contributed by atoms with Crippen LogP contribution in [0.25, 0.3) is 17.2 Å². The van der Waals surface area contributed by atoms with Gasteiger partial charge in [0.1, 0.15) is 12.4 Å². The van der Waals surface area contributed by atoms with Crippen molar-refractivity contribution < 1.29 is 9.84 Å². The maximum atomic E-state index is 11.0. The van der Waals surface area contributed by atoms with Crippen molar-refractivity contribution in [3.05, 3.63) is 88.8 Å². The number of aliphatic hydroxyl groups excluding tert-OH is 1. The van der Waals surface area contributed by atoms with Gasteiger partial charge in [0.15, 0.2) is 0 Å². The van der Waals surface area contributed by atoms with Gasteiger partial charge in [0.25, 0.3) is 0 Å². The first-order valence-corrected chi connectivity index (χ1v) is 12.5. The lowest BCUT2D eigenvalue weighted by Gasteiger charge is -2.26. The number of ether oxygens (including phenoxy) is 1. The number of benzene rings is 2. The minimum Gasteiger partial charge on any atom is -0.488 e. The third-order valence-electron chi connectivity index (χ3n) is 5.98. The lowest BCUT2D eigenvalue weighted by Crippen LogP contribution is -2.13. The minimum absolute atomic E-state index is 0.187. The van der Waals surface area contributed by atoms with Crippen LogP contribution in [-0.4, -0.2) is 10.1 Å². The molecule has 3 rings (SSSR count). The average molecular weight is 458 g/mol. The number of hydrogen-bond acceptors (Lipinski definition) is 3. The molecule has 0 saturated carbocycles. The number of unbranched alkanes of at least 4 members (excludes halogenated alkanes) is 1. The summed E-state index contributed by atoms with van der Waals surface area (Å²) in [5.41, 5.74) is 7.15. The van der Waals surface area contributed by atoms with E-state index in [-0.39, 0.29) is 11.8 Å².